The highest BCUT2D eigenvalue weighted by Crippen LogP contribution is 2.15. The van der Waals surface area contributed by atoms with E-state index in [1.54, 1.807) is 24.3 Å². The van der Waals surface area contributed by atoms with Gasteiger partial charge < -0.3 is 9.84 Å². The number of allylic oxidation sites excluding steroid dienone is 2. The van der Waals surface area contributed by atoms with E-state index in [2.05, 4.69) is 6.92 Å². The summed E-state index contributed by atoms with van der Waals surface area (Å²) in [5.41, 5.74) is 0. The minimum atomic E-state index is -0.967. The second-order valence-corrected chi connectivity index (χ2v) is 5.58. The van der Waals surface area contributed by atoms with Crippen LogP contribution in [0.4, 0.5) is 0 Å². The maximum Gasteiger partial charge on any atom is 0.312 e. The third kappa shape index (κ3) is 8.81. The minimum Gasteiger partial charge on any atom is -0.481 e. The number of carbonyl (C=O) groups excluding carboxylic acids is 1. The van der Waals surface area contributed by atoms with Crippen LogP contribution in [0, 0.1) is 5.92 Å². The molecule has 23 heavy (non-hydrogen) atoms. The van der Waals surface area contributed by atoms with Gasteiger partial charge in [0.05, 0.1) is 12.3 Å². The molecule has 0 saturated heterocycles. The average Bonchev–Trinajstić information content (AvgIpc) is 2.53. The van der Waals surface area contributed by atoms with Gasteiger partial charge in [0.1, 0.15) is 5.75 Å². The third-order valence-corrected chi connectivity index (χ3v) is 3.55. The Morgan fingerprint density at radius 3 is 2.52 bits per heavy atom. The maximum atomic E-state index is 11.8. The fourth-order valence-electron chi connectivity index (χ4n) is 2.20. The first kappa shape index (κ1) is 18.9. The summed E-state index contributed by atoms with van der Waals surface area (Å²) >= 11 is 0. The van der Waals surface area contributed by atoms with Crippen LogP contribution in [0.15, 0.2) is 42.5 Å². The van der Waals surface area contributed by atoms with Crippen molar-refractivity contribution in [3.05, 3.63) is 42.5 Å². The van der Waals surface area contributed by atoms with Crippen molar-refractivity contribution in [2.45, 2.75) is 51.9 Å². The van der Waals surface area contributed by atoms with Crippen LogP contribution in [0.1, 0.15) is 51.9 Å². The molecule has 0 bridgehead atoms. The maximum absolute atomic E-state index is 11.8. The molecule has 1 rings (SSSR count). The lowest BCUT2D eigenvalue weighted by Gasteiger charge is -2.09. The zero-order valence-electron chi connectivity index (χ0n) is 13.7. The molecule has 1 aromatic carbocycles. The van der Waals surface area contributed by atoms with E-state index >= 15 is 0 Å². The van der Waals surface area contributed by atoms with Gasteiger partial charge in [-0.3, -0.25) is 9.59 Å². The summed E-state index contributed by atoms with van der Waals surface area (Å²) in [6.45, 7) is 2.17. The third-order valence-electron chi connectivity index (χ3n) is 3.55. The number of benzene rings is 1. The number of esters is 1. The molecule has 4 nitrogen and oxygen atoms in total. The fraction of sp³-hybridized carbons (Fsp3) is 0.474. The molecule has 0 radical (unpaired) electrons. The van der Waals surface area contributed by atoms with Gasteiger partial charge in [-0.2, -0.15) is 0 Å². The predicted molar refractivity (Wildman–Crippen MR) is 90.3 cm³/mol. The van der Waals surface area contributed by atoms with Crippen molar-refractivity contribution >= 4 is 11.9 Å². The van der Waals surface area contributed by atoms with Gasteiger partial charge in [0, 0.05) is 0 Å². The number of unbranched alkanes of at least 4 members (excludes halogenated alkanes) is 4. The molecule has 1 atom stereocenters. The number of para-hydroxylation sites is 1. The summed E-state index contributed by atoms with van der Waals surface area (Å²) in [7, 11) is 0. The Bertz CT molecular complexity index is 493. The molecule has 0 aliphatic rings. The number of ether oxygens (including phenoxy) is 1. The summed E-state index contributed by atoms with van der Waals surface area (Å²) in [4.78, 5) is 23.1. The molecule has 1 N–H and O–H groups in total. The van der Waals surface area contributed by atoms with Crippen LogP contribution >= 0.6 is 0 Å². The SMILES string of the molecule is CCCCCC/C=C/CC(CC(=O)Oc1ccccc1)C(=O)O. The molecule has 0 heterocycles. The summed E-state index contributed by atoms with van der Waals surface area (Å²) in [6.07, 6.45) is 9.82. The molecular weight excluding hydrogens is 292 g/mol. The zero-order valence-corrected chi connectivity index (χ0v) is 13.7. The molecule has 0 amide bonds. The van der Waals surface area contributed by atoms with Crippen LogP contribution in [0.3, 0.4) is 0 Å². The quantitative estimate of drug-likeness (QED) is 0.280. The smallest absolute Gasteiger partial charge is 0.312 e. The second-order valence-electron chi connectivity index (χ2n) is 5.58. The molecule has 4 heteroatoms. The van der Waals surface area contributed by atoms with Gasteiger partial charge in [-0.05, 0) is 31.4 Å². The van der Waals surface area contributed by atoms with Gasteiger partial charge in [0.15, 0.2) is 0 Å². The lowest BCUT2D eigenvalue weighted by atomic mass is 10.0. The Kier molecular flexibility index (Phi) is 9.45. The Balaban J connectivity index is 2.35. The Morgan fingerprint density at radius 2 is 1.87 bits per heavy atom. The number of hydrogen-bond acceptors (Lipinski definition) is 3. The predicted octanol–water partition coefficient (Wildman–Crippen LogP) is 4.60. The number of rotatable bonds is 11. The minimum absolute atomic E-state index is 0.121. The van der Waals surface area contributed by atoms with E-state index in [1.807, 2.05) is 18.2 Å². The molecule has 1 aromatic rings. The second kappa shape index (κ2) is 11.5. The van der Waals surface area contributed by atoms with Crippen molar-refractivity contribution in [2.24, 2.45) is 5.92 Å². The van der Waals surface area contributed by atoms with Gasteiger partial charge in [0.2, 0.25) is 0 Å². The van der Waals surface area contributed by atoms with Crippen molar-refractivity contribution in [2.75, 3.05) is 0 Å². The van der Waals surface area contributed by atoms with E-state index in [9.17, 15) is 14.7 Å². The molecule has 126 valence electrons. The summed E-state index contributed by atoms with van der Waals surface area (Å²) in [5, 5.41) is 9.22. The first-order valence-electron chi connectivity index (χ1n) is 8.27. The van der Waals surface area contributed by atoms with E-state index < -0.39 is 17.9 Å². The van der Waals surface area contributed by atoms with Gasteiger partial charge in [0.25, 0.3) is 0 Å². The molecular formula is C19H26O4. The van der Waals surface area contributed by atoms with Crippen molar-refractivity contribution in [3.8, 4) is 5.75 Å². The van der Waals surface area contributed by atoms with Crippen LogP contribution in [0.2, 0.25) is 0 Å². The lowest BCUT2D eigenvalue weighted by Crippen LogP contribution is -2.20. The van der Waals surface area contributed by atoms with Gasteiger partial charge in [-0.15, -0.1) is 0 Å². The average molecular weight is 318 g/mol. The van der Waals surface area contributed by atoms with E-state index in [0.29, 0.717) is 12.2 Å². The zero-order chi connectivity index (χ0) is 16.9. The van der Waals surface area contributed by atoms with Gasteiger partial charge in [-0.1, -0.05) is 56.5 Å². The van der Waals surface area contributed by atoms with E-state index in [0.717, 1.165) is 12.8 Å². The summed E-state index contributed by atoms with van der Waals surface area (Å²) < 4.78 is 5.14. The summed E-state index contributed by atoms with van der Waals surface area (Å²) in [5.74, 6) is -1.78. The number of carboxylic acids is 1. The van der Waals surface area contributed by atoms with Crippen LogP contribution in [0.5, 0.6) is 5.75 Å². The monoisotopic (exact) mass is 318 g/mol. The van der Waals surface area contributed by atoms with Gasteiger partial charge >= 0.3 is 11.9 Å². The van der Waals surface area contributed by atoms with E-state index in [-0.39, 0.29) is 6.42 Å². The lowest BCUT2D eigenvalue weighted by molar-refractivity contribution is -0.147. The van der Waals surface area contributed by atoms with Gasteiger partial charge in [-0.25, -0.2) is 0 Å². The molecule has 0 aliphatic heterocycles. The topological polar surface area (TPSA) is 63.6 Å². The molecule has 0 spiro atoms. The standard InChI is InChI=1S/C19H26O4/c1-2-3-4-5-6-7-9-12-16(19(21)22)15-18(20)23-17-13-10-8-11-14-17/h7-11,13-14,16H,2-6,12,15H2,1H3,(H,21,22)/b9-7+. The van der Waals surface area contributed by atoms with Crippen LogP contribution in [-0.2, 0) is 9.59 Å². The normalized spacial score (nSPS) is 12.2. The van der Waals surface area contributed by atoms with Crippen molar-refractivity contribution in [1.29, 1.82) is 0 Å². The highest BCUT2D eigenvalue weighted by atomic mass is 16.5. The number of carbonyl (C=O) groups is 2. The van der Waals surface area contributed by atoms with Crippen molar-refractivity contribution < 1.29 is 19.4 Å². The molecule has 0 saturated carbocycles. The molecule has 0 fully saturated rings. The highest BCUT2D eigenvalue weighted by Gasteiger charge is 2.21. The van der Waals surface area contributed by atoms with Crippen LogP contribution < -0.4 is 4.74 Å². The fourth-order valence-corrected chi connectivity index (χ4v) is 2.20. The van der Waals surface area contributed by atoms with E-state index in [1.165, 1.54) is 19.3 Å². The van der Waals surface area contributed by atoms with Crippen LogP contribution in [0.25, 0.3) is 0 Å². The molecule has 1 unspecified atom stereocenters. The number of hydrogen-bond donors (Lipinski definition) is 1. The van der Waals surface area contributed by atoms with Crippen molar-refractivity contribution in [1.82, 2.24) is 0 Å². The Labute approximate surface area is 138 Å². The summed E-state index contributed by atoms with van der Waals surface area (Å²) in [6, 6.07) is 8.69. The van der Waals surface area contributed by atoms with Crippen molar-refractivity contribution in [3.63, 3.8) is 0 Å². The molecule has 0 aliphatic carbocycles. The highest BCUT2D eigenvalue weighted by molar-refractivity contribution is 5.80. The number of aliphatic carboxylic acids is 1. The Hall–Kier alpha value is -2.10. The van der Waals surface area contributed by atoms with Crippen LogP contribution in [-0.4, -0.2) is 17.0 Å². The Morgan fingerprint density at radius 1 is 1.13 bits per heavy atom. The first-order chi connectivity index (χ1) is 11.1. The first-order valence-corrected chi connectivity index (χ1v) is 8.27. The molecule has 0 aromatic heterocycles. The largest absolute Gasteiger partial charge is 0.481 e. The number of carboxylic acid groups (broad SMARTS) is 1. The van der Waals surface area contributed by atoms with E-state index in [4.69, 9.17) is 4.74 Å².